The molecule has 0 unspecified atom stereocenters. The van der Waals surface area contributed by atoms with Crippen molar-refractivity contribution in [3.63, 3.8) is 0 Å². The number of methoxy groups -OCH3 is 3. The molecule has 1 aromatic heterocycles. The van der Waals surface area contributed by atoms with Gasteiger partial charge in [-0.2, -0.15) is 4.31 Å². The molecule has 0 saturated carbocycles. The lowest BCUT2D eigenvalue weighted by atomic mass is 10.1. The highest BCUT2D eigenvalue weighted by Crippen LogP contribution is 2.33. The fraction of sp³-hybridized carbons (Fsp3) is 0.250. The molecular weight excluding hydrogens is 643 g/mol. The zero-order valence-corrected chi connectivity index (χ0v) is 29.8. The second kappa shape index (κ2) is 14.9. The molecule has 248 valence electrons. The number of benzene rings is 4. The number of hydrogen-bond donors (Lipinski definition) is 0. The van der Waals surface area contributed by atoms with Crippen LogP contribution in [0.15, 0.2) is 95.9 Å². The van der Waals surface area contributed by atoms with Crippen molar-refractivity contribution in [1.29, 1.82) is 0 Å². The van der Waals surface area contributed by atoms with Crippen LogP contribution in [0.5, 0.6) is 17.2 Å². The van der Waals surface area contributed by atoms with E-state index in [0.29, 0.717) is 35.0 Å². The molecule has 0 aliphatic carbocycles. The molecule has 0 bridgehead atoms. The molecule has 10 nitrogen and oxygen atoms in total. The molecule has 0 spiro atoms. The lowest BCUT2D eigenvalue weighted by Gasteiger charge is -2.24. The number of nitrogens with zero attached hydrogens (tertiary/aromatic N) is 5. The van der Waals surface area contributed by atoms with Crippen LogP contribution in [0.2, 0.25) is 19.6 Å². The van der Waals surface area contributed by atoms with Gasteiger partial charge < -0.3 is 14.2 Å². The third kappa shape index (κ3) is 8.30. The fourth-order valence-corrected chi connectivity index (χ4v) is 7.10. The predicted molar refractivity (Wildman–Crippen MR) is 188 cm³/mol. The molecule has 5 aromatic rings. The highest BCUT2D eigenvalue weighted by Gasteiger charge is 2.31. The molecular formula is C36H39N5O5SSi. The summed E-state index contributed by atoms with van der Waals surface area (Å²) in [5.41, 5.74) is 6.81. The summed E-state index contributed by atoms with van der Waals surface area (Å²) >= 11 is 0. The van der Waals surface area contributed by atoms with Crippen LogP contribution in [0.1, 0.15) is 22.3 Å². The smallest absolute Gasteiger partial charge is 0.244 e. The molecule has 0 atom stereocenters. The Labute approximate surface area is 283 Å². The Balaban J connectivity index is 1.65. The molecule has 4 aromatic carbocycles. The first-order valence-corrected chi connectivity index (χ1v) is 20.3. The Morgan fingerprint density at radius 2 is 1.23 bits per heavy atom. The summed E-state index contributed by atoms with van der Waals surface area (Å²) < 4.78 is 48.9. The molecule has 12 heteroatoms. The second-order valence-corrected chi connectivity index (χ2v) is 18.8. The summed E-state index contributed by atoms with van der Waals surface area (Å²) in [5.74, 6) is 5.70. The zero-order chi connectivity index (χ0) is 34.3. The molecule has 0 amide bonds. The van der Waals surface area contributed by atoms with E-state index in [1.54, 1.807) is 38.1 Å². The molecule has 0 radical (unpaired) electrons. The second-order valence-electron chi connectivity index (χ2n) is 12.2. The van der Waals surface area contributed by atoms with Gasteiger partial charge in [0.05, 0.1) is 38.3 Å². The van der Waals surface area contributed by atoms with Crippen molar-refractivity contribution in [1.82, 2.24) is 24.5 Å². The van der Waals surface area contributed by atoms with Crippen LogP contribution >= 0.6 is 0 Å². The summed E-state index contributed by atoms with van der Waals surface area (Å²) in [6.07, 6.45) is 0. The first-order chi connectivity index (χ1) is 23.0. The van der Waals surface area contributed by atoms with E-state index in [4.69, 9.17) is 14.2 Å². The van der Waals surface area contributed by atoms with Crippen molar-refractivity contribution in [3.8, 4) is 40.1 Å². The number of aromatic nitrogens is 4. The topological polar surface area (TPSA) is 109 Å². The zero-order valence-electron chi connectivity index (χ0n) is 28.0. The maximum absolute atomic E-state index is 14.9. The largest absolute Gasteiger partial charge is 0.497 e. The number of sulfonamides is 1. The molecule has 0 aliphatic rings. The van der Waals surface area contributed by atoms with Gasteiger partial charge in [-0.25, -0.2) is 13.1 Å². The summed E-state index contributed by atoms with van der Waals surface area (Å²) in [4.78, 5) is 0.0673. The van der Waals surface area contributed by atoms with Gasteiger partial charge in [0.1, 0.15) is 25.3 Å². The molecule has 1 heterocycles. The van der Waals surface area contributed by atoms with Crippen LogP contribution in [0.3, 0.4) is 0 Å². The number of tetrazole rings is 1. The van der Waals surface area contributed by atoms with Crippen LogP contribution in [-0.2, 0) is 29.7 Å². The van der Waals surface area contributed by atoms with Gasteiger partial charge in [-0.05, 0) is 75.6 Å². The van der Waals surface area contributed by atoms with Gasteiger partial charge in [-0.1, -0.05) is 68.0 Å². The molecule has 5 rings (SSSR count). The monoisotopic (exact) mass is 681 g/mol. The van der Waals surface area contributed by atoms with Gasteiger partial charge in [0.2, 0.25) is 10.0 Å². The van der Waals surface area contributed by atoms with Gasteiger partial charge in [-0.15, -0.1) is 10.6 Å². The molecule has 0 N–H and O–H groups in total. The minimum absolute atomic E-state index is 0.0673. The quantitative estimate of drug-likeness (QED) is 0.116. The maximum Gasteiger partial charge on any atom is 0.244 e. The van der Waals surface area contributed by atoms with Crippen molar-refractivity contribution in [2.75, 3.05) is 21.3 Å². The van der Waals surface area contributed by atoms with E-state index in [1.807, 2.05) is 78.9 Å². The average molecular weight is 682 g/mol. The van der Waals surface area contributed by atoms with Crippen molar-refractivity contribution in [3.05, 3.63) is 113 Å². The van der Waals surface area contributed by atoms with Crippen molar-refractivity contribution < 1.29 is 22.6 Å². The van der Waals surface area contributed by atoms with Crippen LogP contribution < -0.4 is 14.2 Å². The molecule has 48 heavy (non-hydrogen) atoms. The van der Waals surface area contributed by atoms with E-state index in [9.17, 15) is 8.42 Å². The van der Waals surface area contributed by atoms with Gasteiger partial charge in [0.25, 0.3) is 0 Å². The van der Waals surface area contributed by atoms with Crippen LogP contribution in [-0.4, -0.2) is 62.3 Å². The number of rotatable bonds is 12. The lowest BCUT2D eigenvalue weighted by molar-refractivity contribution is 0.397. The molecule has 0 fully saturated rings. The van der Waals surface area contributed by atoms with Gasteiger partial charge in [0.15, 0.2) is 5.82 Å². The lowest BCUT2D eigenvalue weighted by Crippen LogP contribution is -2.31. The Morgan fingerprint density at radius 3 is 1.71 bits per heavy atom. The molecule has 0 aliphatic heterocycles. The van der Waals surface area contributed by atoms with Crippen molar-refractivity contribution >= 4 is 18.1 Å². The van der Waals surface area contributed by atoms with E-state index in [2.05, 4.69) is 46.6 Å². The third-order valence-corrected chi connectivity index (χ3v) is 10.2. The van der Waals surface area contributed by atoms with Crippen LogP contribution in [0, 0.1) is 11.5 Å². The van der Waals surface area contributed by atoms with Gasteiger partial charge in [0, 0.05) is 18.7 Å². The highest BCUT2D eigenvalue weighted by molar-refractivity contribution is 7.89. The minimum atomic E-state index is -4.17. The Bertz CT molecular complexity index is 1960. The number of hydrogen-bond acceptors (Lipinski definition) is 8. The Kier molecular flexibility index (Phi) is 10.6. The van der Waals surface area contributed by atoms with Gasteiger partial charge in [-0.3, -0.25) is 0 Å². The maximum atomic E-state index is 14.9. The minimum Gasteiger partial charge on any atom is -0.497 e. The van der Waals surface area contributed by atoms with Crippen molar-refractivity contribution in [2.24, 2.45) is 0 Å². The summed E-state index contributed by atoms with van der Waals surface area (Å²) in [7, 11) is -1.22. The van der Waals surface area contributed by atoms with E-state index in [1.165, 1.54) is 4.31 Å². The summed E-state index contributed by atoms with van der Waals surface area (Å²) in [5, 5.41) is 12.6. The van der Waals surface area contributed by atoms with E-state index < -0.39 is 18.1 Å². The normalized spacial score (nSPS) is 11.6. The van der Waals surface area contributed by atoms with Gasteiger partial charge >= 0.3 is 0 Å². The Hall–Kier alpha value is -4.96. The standard InChI is InChI=1S/C36H39N5O5SSi/c1-44-31-16-10-27(11-17-31)24-40(25-28-12-18-32(45-2)19-13-28)47(42,43)34-9-7-8-30(22-23-48(4,5)6)35(34)36-37-38-39-41(36)26-29-14-20-33(46-3)21-15-29/h7-21H,24-26H2,1-6H3. The van der Waals surface area contributed by atoms with E-state index >= 15 is 0 Å². The predicted octanol–water partition coefficient (Wildman–Crippen LogP) is 6.03. The van der Waals surface area contributed by atoms with E-state index in [0.717, 1.165) is 22.4 Å². The third-order valence-electron chi connectivity index (χ3n) is 7.50. The Morgan fingerprint density at radius 1 is 0.729 bits per heavy atom. The number of ether oxygens (including phenoxy) is 3. The van der Waals surface area contributed by atoms with Crippen molar-refractivity contribution in [2.45, 2.75) is 44.2 Å². The average Bonchev–Trinajstić information content (AvgIpc) is 3.55. The van der Waals surface area contributed by atoms with E-state index in [-0.39, 0.29) is 18.0 Å². The summed E-state index contributed by atoms with van der Waals surface area (Å²) in [6, 6.07) is 27.4. The molecule has 0 saturated heterocycles. The highest BCUT2D eigenvalue weighted by atomic mass is 32.2. The first-order valence-electron chi connectivity index (χ1n) is 15.3. The van der Waals surface area contributed by atoms with Crippen LogP contribution in [0.25, 0.3) is 11.4 Å². The SMILES string of the molecule is COc1ccc(CN(Cc2ccc(OC)cc2)S(=O)(=O)c2cccc(C#C[Si](C)(C)C)c2-c2nnnn2Cc2ccc(OC)cc2)cc1. The first kappa shape index (κ1) is 34.4. The fourth-order valence-electron chi connectivity index (χ4n) is 4.96. The summed E-state index contributed by atoms with van der Waals surface area (Å²) in [6.45, 7) is 6.94. The van der Waals surface area contributed by atoms with Crippen LogP contribution in [0.4, 0.5) is 0 Å².